The molecule has 1 aromatic rings. The number of Topliss-reactive ketones (excluding diaryl/α,β-unsaturated/α-hetero) is 1. The van der Waals surface area contributed by atoms with E-state index in [9.17, 15) is 14.7 Å². The Balaban J connectivity index is 1.92. The molecule has 5 heteroatoms. The smallest absolute Gasteiger partial charge is 0.224 e. The molecule has 1 saturated carbocycles. The van der Waals surface area contributed by atoms with Crippen molar-refractivity contribution in [1.82, 2.24) is 5.32 Å². The number of amides is 1. The number of ketones is 1. The highest BCUT2D eigenvalue weighted by Gasteiger charge is 2.41. The molecule has 2 rings (SSSR count). The van der Waals surface area contributed by atoms with Crippen LogP contribution in [0, 0.1) is 5.92 Å². The lowest BCUT2D eigenvalue weighted by atomic mass is 9.77. The molecule has 1 aliphatic carbocycles. The molecule has 0 heterocycles. The Labute approximate surface area is 130 Å². The summed E-state index contributed by atoms with van der Waals surface area (Å²) in [6, 6.07) is 8.71. The minimum absolute atomic E-state index is 0.189. The van der Waals surface area contributed by atoms with Gasteiger partial charge in [-0.05, 0) is 31.7 Å². The van der Waals surface area contributed by atoms with E-state index in [4.69, 9.17) is 5.73 Å². The van der Waals surface area contributed by atoms with Gasteiger partial charge in [-0.15, -0.1) is 0 Å². The highest BCUT2D eigenvalue weighted by Crippen LogP contribution is 2.31. The predicted octanol–water partition coefficient (Wildman–Crippen LogP) is 1.14. The highest BCUT2D eigenvalue weighted by molar-refractivity contribution is 5.91. The number of nitrogens with one attached hydrogen (secondary N) is 1. The van der Waals surface area contributed by atoms with Crippen LogP contribution in [0.2, 0.25) is 0 Å². The van der Waals surface area contributed by atoms with Crippen LogP contribution in [-0.2, 0) is 16.0 Å². The van der Waals surface area contributed by atoms with Gasteiger partial charge in [0.15, 0.2) is 5.78 Å². The van der Waals surface area contributed by atoms with Crippen molar-refractivity contribution in [3.8, 4) is 0 Å². The molecule has 3 atom stereocenters. The Bertz CT molecular complexity index is 528. The molecule has 0 bridgehead atoms. The maximum absolute atomic E-state index is 12.4. The van der Waals surface area contributed by atoms with Gasteiger partial charge in [0.2, 0.25) is 5.91 Å². The fraction of sp³-hybridized carbons (Fsp3) is 0.529. The van der Waals surface area contributed by atoms with E-state index in [2.05, 4.69) is 5.32 Å². The molecular formula is C17H24N2O3. The van der Waals surface area contributed by atoms with Crippen LogP contribution >= 0.6 is 0 Å². The van der Waals surface area contributed by atoms with Crippen LogP contribution in [0.25, 0.3) is 0 Å². The molecule has 5 nitrogen and oxygen atoms in total. The first-order valence-corrected chi connectivity index (χ1v) is 7.78. The standard InChI is InChI=1S/C17H24N2O3/c1-12(16(21)14-9-5-6-10-17(14,18)22)19-15(20)11-13-7-3-2-4-8-13/h2-4,7-8,12,14,22H,5-6,9-11,18H2,1H3,(H,19,20)/t12-,14?,17?/m0/s1. The molecule has 22 heavy (non-hydrogen) atoms. The van der Waals surface area contributed by atoms with Gasteiger partial charge in [0.05, 0.1) is 18.4 Å². The topological polar surface area (TPSA) is 92.4 Å². The van der Waals surface area contributed by atoms with Gasteiger partial charge in [0, 0.05) is 0 Å². The zero-order valence-corrected chi connectivity index (χ0v) is 12.9. The van der Waals surface area contributed by atoms with Gasteiger partial charge in [-0.3, -0.25) is 9.59 Å². The Kier molecular flexibility index (Phi) is 5.32. The third-order valence-corrected chi connectivity index (χ3v) is 4.28. The van der Waals surface area contributed by atoms with Gasteiger partial charge in [-0.25, -0.2) is 0 Å². The van der Waals surface area contributed by atoms with Crippen LogP contribution in [0.15, 0.2) is 30.3 Å². The Morgan fingerprint density at radius 2 is 2.05 bits per heavy atom. The fourth-order valence-corrected chi connectivity index (χ4v) is 3.02. The number of carbonyl (C=O) groups is 2. The van der Waals surface area contributed by atoms with Gasteiger partial charge >= 0.3 is 0 Å². The fourth-order valence-electron chi connectivity index (χ4n) is 3.02. The molecular weight excluding hydrogens is 280 g/mol. The minimum atomic E-state index is -1.45. The van der Waals surface area contributed by atoms with Crippen molar-refractivity contribution in [2.75, 3.05) is 0 Å². The number of nitrogens with two attached hydrogens (primary N) is 1. The summed E-state index contributed by atoms with van der Waals surface area (Å²) in [6.07, 6.45) is 2.93. The first kappa shape index (κ1) is 16.6. The summed E-state index contributed by atoms with van der Waals surface area (Å²) in [5, 5.41) is 12.9. The zero-order valence-electron chi connectivity index (χ0n) is 12.9. The van der Waals surface area contributed by atoms with Gasteiger partial charge in [0.1, 0.15) is 5.72 Å². The maximum atomic E-state index is 12.4. The molecule has 120 valence electrons. The van der Waals surface area contributed by atoms with E-state index in [0.29, 0.717) is 12.8 Å². The quantitative estimate of drug-likeness (QED) is 0.711. The molecule has 0 aliphatic heterocycles. The molecule has 0 radical (unpaired) electrons. The van der Waals surface area contributed by atoms with Gasteiger partial charge in [-0.2, -0.15) is 0 Å². The zero-order chi connectivity index (χ0) is 16.2. The Morgan fingerprint density at radius 1 is 1.36 bits per heavy atom. The molecule has 4 N–H and O–H groups in total. The summed E-state index contributed by atoms with van der Waals surface area (Å²) in [5.74, 6) is -0.997. The minimum Gasteiger partial charge on any atom is -0.375 e. The summed E-state index contributed by atoms with van der Waals surface area (Å²) < 4.78 is 0. The second-order valence-corrected chi connectivity index (χ2v) is 6.14. The third-order valence-electron chi connectivity index (χ3n) is 4.28. The largest absolute Gasteiger partial charge is 0.375 e. The van der Waals surface area contributed by atoms with Crippen molar-refractivity contribution in [3.05, 3.63) is 35.9 Å². The summed E-state index contributed by atoms with van der Waals surface area (Å²) in [5.41, 5.74) is 5.28. The summed E-state index contributed by atoms with van der Waals surface area (Å²) in [4.78, 5) is 24.5. The number of aliphatic hydroxyl groups is 1. The Hall–Kier alpha value is -1.72. The van der Waals surface area contributed by atoms with Crippen molar-refractivity contribution in [2.45, 2.75) is 50.8 Å². The second kappa shape index (κ2) is 7.03. The normalized spacial score (nSPS) is 26.2. The second-order valence-electron chi connectivity index (χ2n) is 6.14. The van der Waals surface area contributed by atoms with Crippen LogP contribution in [0.3, 0.4) is 0 Å². The molecule has 0 saturated heterocycles. The van der Waals surface area contributed by atoms with E-state index in [0.717, 1.165) is 18.4 Å². The Morgan fingerprint density at radius 3 is 2.68 bits per heavy atom. The van der Waals surface area contributed by atoms with E-state index in [-0.39, 0.29) is 18.1 Å². The van der Waals surface area contributed by atoms with Crippen LogP contribution in [0.1, 0.15) is 38.2 Å². The SMILES string of the molecule is C[C@H](NC(=O)Cc1ccccc1)C(=O)C1CCCCC1(N)O. The van der Waals surface area contributed by atoms with Crippen molar-refractivity contribution in [1.29, 1.82) is 0 Å². The van der Waals surface area contributed by atoms with E-state index in [1.807, 2.05) is 30.3 Å². The first-order chi connectivity index (χ1) is 10.4. The first-order valence-electron chi connectivity index (χ1n) is 7.78. The lowest BCUT2D eigenvalue weighted by Gasteiger charge is -2.36. The average molecular weight is 304 g/mol. The molecule has 1 aliphatic rings. The number of rotatable bonds is 5. The van der Waals surface area contributed by atoms with Crippen molar-refractivity contribution >= 4 is 11.7 Å². The highest BCUT2D eigenvalue weighted by atomic mass is 16.3. The summed E-state index contributed by atoms with van der Waals surface area (Å²) in [6.45, 7) is 1.65. The number of hydrogen-bond donors (Lipinski definition) is 3. The third kappa shape index (κ3) is 4.15. The molecule has 2 unspecified atom stereocenters. The van der Waals surface area contributed by atoms with Crippen molar-refractivity contribution in [2.24, 2.45) is 11.7 Å². The molecule has 1 fully saturated rings. The summed E-state index contributed by atoms with van der Waals surface area (Å²) in [7, 11) is 0. The molecule has 1 amide bonds. The van der Waals surface area contributed by atoms with E-state index >= 15 is 0 Å². The van der Waals surface area contributed by atoms with Crippen LogP contribution < -0.4 is 11.1 Å². The lowest BCUT2D eigenvalue weighted by Crippen LogP contribution is -2.56. The summed E-state index contributed by atoms with van der Waals surface area (Å²) >= 11 is 0. The monoisotopic (exact) mass is 304 g/mol. The predicted molar refractivity (Wildman–Crippen MR) is 83.9 cm³/mol. The lowest BCUT2D eigenvalue weighted by molar-refractivity contribution is -0.139. The van der Waals surface area contributed by atoms with E-state index < -0.39 is 17.7 Å². The number of hydrogen-bond acceptors (Lipinski definition) is 4. The van der Waals surface area contributed by atoms with Crippen LogP contribution in [0.4, 0.5) is 0 Å². The molecule has 0 spiro atoms. The number of benzene rings is 1. The van der Waals surface area contributed by atoms with Crippen LogP contribution in [0.5, 0.6) is 0 Å². The van der Waals surface area contributed by atoms with Crippen LogP contribution in [-0.4, -0.2) is 28.6 Å². The van der Waals surface area contributed by atoms with E-state index in [1.54, 1.807) is 6.92 Å². The average Bonchev–Trinajstić information content (AvgIpc) is 2.47. The van der Waals surface area contributed by atoms with Gasteiger partial charge in [-0.1, -0.05) is 36.8 Å². The molecule has 1 aromatic carbocycles. The number of carbonyl (C=O) groups excluding carboxylic acids is 2. The van der Waals surface area contributed by atoms with Crippen molar-refractivity contribution in [3.63, 3.8) is 0 Å². The van der Waals surface area contributed by atoms with Crippen molar-refractivity contribution < 1.29 is 14.7 Å². The molecule has 0 aromatic heterocycles. The maximum Gasteiger partial charge on any atom is 0.224 e. The van der Waals surface area contributed by atoms with Gasteiger partial charge < -0.3 is 16.2 Å². The van der Waals surface area contributed by atoms with E-state index in [1.165, 1.54) is 0 Å². The van der Waals surface area contributed by atoms with Gasteiger partial charge in [0.25, 0.3) is 0 Å².